The van der Waals surface area contributed by atoms with Crippen LogP contribution in [0.15, 0.2) is 78.9 Å². The van der Waals surface area contributed by atoms with Gasteiger partial charge in [0.05, 0.1) is 26.1 Å². The molecule has 3 aromatic carbocycles. The van der Waals surface area contributed by atoms with E-state index >= 15 is 14.4 Å². The highest BCUT2D eigenvalue weighted by molar-refractivity contribution is 14.1. The molecule has 12 amide bonds. The fourth-order valence-electron chi connectivity index (χ4n) is 11.6. The zero-order valence-electron chi connectivity index (χ0n) is 58.2. The molecular weight excluding hydrogens is 1360 g/mol. The fourth-order valence-corrected chi connectivity index (χ4v) is 12.3. The minimum Gasteiger partial charge on any atom is -0.343 e. The molecule has 96 heavy (non-hydrogen) atoms. The van der Waals surface area contributed by atoms with Crippen molar-refractivity contribution < 1.29 is 57.5 Å². The number of hydrogen-bond acceptors (Lipinski definition) is 12. The van der Waals surface area contributed by atoms with Crippen LogP contribution in [0.5, 0.6) is 0 Å². The third-order valence-electron chi connectivity index (χ3n) is 18.4. The lowest BCUT2D eigenvalue weighted by Crippen LogP contribution is -2.63. The highest BCUT2D eigenvalue weighted by Gasteiger charge is 2.44. The van der Waals surface area contributed by atoms with E-state index in [4.69, 9.17) is 11.6 Å². The normalized spacial score (nSPS) is 23.5. The zero-order chi connectivity index (χ0) is 71.5. The number of carbonyl (C=O) groups excluding carboxylic acids is 12. The van der Waals surface area contributed by atoms with E-state index in [1.165, 1.54) is 77.9 Å². The van der Waals surface area contributed by atoms with Crippen molar-refractivity contribution in [1.29, 1.82) is 0 Å². The van der Waals surface area contributed by atoms with E-state index in [-0.39, 0.29) is 38.0 Å². The third-order valence-corrected chi connectivity index (χ3v) is 19.3. The van der Waals surface area contributed by atoms with Crippen LogP contribution in [0.4, 0.5) is 0 Å². The van der Waals surface area contributed by atoms with Gasteiger partial charge in [0, 0.05) is 90.3 Å². The molecule has 2 saturated heterocycles. The van der Waals surface area contributed by atoms with Crippen molar-refractivity contribution in [1.82, 2.24) is 60.5 Å². The first-order chi connectivity index (χ1) is 45.2. The Morgan fingerprint density at radius 1 is 0.583 bits per heavy atom. The van der Waals surface area contributed by atoms with Crippen molar-refractivity contribution in [3.63, 3.8) is 0 Å². The van der Waals surface area contributed by atoms with Gasteiger partial charge >= 0.3 is 0 Å². The van der Waals surface area contributed by atoms with Crippen molar-refractivity contribution in [2.45, 2.75) is 167 Å². The summed E-state index contributed by atoms with van der Waals surface area (Å²) in [6, 6.07) is 13.7. The molecule has 526 valence electrons. The summed E-state index contributed by atoms with van der Waals surface area (Å²) >= 11 is 8.37. The first-order valence-electron chi connectivity index (χ1n) is 33.0. The quantitative estimate of drug-likeness (QED) is 0.164. The van der Waals surface area contributed by atoms with Crippen LogP contribution in [-0.2, 0) is 76.8 Å². The maximum absolute atomic E-state index is 15.3. The summed E-state index contributed by atoms with van der Waals surface area (Å²) in [6.07, 6.45) is 2.31. The number of unbranched alkanes of at least 4 members (excludes halogenated alkanes) is 1. The molecule has 4 N–H and O–H groups in total. The van der Waals surface area contributed by atoms with Gasteiger partial charge in [0.15, 0.2) is 0 Å². The Morgan fingerprint density at radius 2 is 1.17 bits per heavy atom. The van der Waals surface area contributed by atoms with Crippen molar-refractivity contribution >= 4 is 105 Å². The number of rotatable bonds is 14. The lowest BCUT2D eigenvalue weighted by molar-refractivity contribution is -0.151. The Hall–Kier alpha value is -7.68. The number of amides is 12. The van der Waals surface area contributed by atoms with Crippen LogP contribution in [0.2, 0.25) is 5.02 Å². The third kappa shape index (κ3) is 21.9. The van der Waals surface area contributed by atoms with Gasteiger partial charge in [-0.15, -0.1) is 0 Å². The van der Waals surface area contributed by atoms with Crippen LogP contribution >= 0.6 is 34.2 Å². The lowest BCUT2D eigenvalue weighted by Gasteiger charge is -2.39. The molecule has 1 unspecified atom stereocenters. The molecule has 2 heterocycles. The van der Waals surface area contributed by atoms with E-state index in [2.05, 4.69) is 43.9 Å². The topological polar surface area (TPSA) is 279 Å². The van der Waals surface area contributed by atoms with Crippen LogP contribution < -0.4 is 21.3 Å². The van der Waals surface area contributed by atoms with E-state index in [1.807, 2.05) is 39.8 Å². The van der Waals surface area contributed by atoms with E-state index in [0.29, 0.717) is 66.9 Å². The SMILES string of the molecule is CCCC[C@@H]1NC(=O)[C@H](Cc2cccc(I)c2)NC(=O)CN(C)C(=O)[C@H](Cc2ccc(Cl)cc2)N(C)C(=O)CN(C)C(=O)CN(C)C(=O)[C@H]([C@@H](C)CC)NC(=O)[C@H](CC(C)C)N(C)C(=O)CC(C(=O)N2CCCC2)N(C)C(=O)[C@H](Cc2ccccc2)NC(=O)C(C)(C)N(C)C1=O. The van der Waals surface area contributed by atoms with Gasteiger partial charge in [0.25, 0.3) is 0 Å². The predicted molar refractivity (Wildman–Crippen MR) is 374 cm³/mol. The Bertz CT molecular complexity index is 3240. The Balaban J connectivity index is 1.63. The molecule has 0 aliphatic carbocycles. The Kier molecular flexibility index (Phi) is 30.1. The number of nitrogens with one attached hydrogen (secondary N) is 4. The Labute approximate surface area is 584 Å². The molecule has 2 aliphatic rings. The molecule has 5 rings (SSSR count). The van der Waals surface area contributed by atoms with Gasteiger partial charge in [-0.1, -0.05) is 120 Å². The molecule has 0 spiro atoms. The minimum atomic E-state index is -1.73. The summed E-state index contributed by atoms with van der Waals surface area (Å²) in [4.78, 5) is 186. The van der Waals surface area contributed by atoms with Gasteiger partial charge in [-0.2, -0.15) is 0 Å². The molecule has 0 saturated carbocycles. The molecule has 0 radical (unpaired) electrons. The molecular formula is C70H100ClIN12O12. The van der Waals surface area contributed by atoms with Gasteiger partial charge in [-0.3, -0.25) is 57.5 Å². The molecule has 0 aromatic heterocycles. The molecule has 2 fully saturated rings. The maximum Gasteiger partial charge on any atom is 0.246 e. The van der Waals surface area contributed by atoms with Gasteiger partial charge < -0.3 is 60.5 Å². The number of likely N-dealkylation sites (N-methyl/N-ethyl adjacent to an activating group) is 7. The van der Waals surface area contributed by atoms with Crippen molar-refractivity contribution in [2.75, 3.05) is 82.1 Å². The number of carbonyl (C=O) groups is 12. The predicted octanol–water partition coefficient (Wildman–Crippen LogP) is 4.31. The van der Waals surface area contributed by atoms with Crippen LogP contribution in [0.3, 0.4) is 0 Å². The largest absolute Gasteiger partial charge is 0.343 e. The van der Waals surface area contributed by atoms with E-state index in [1.54, 1.807) is 78.6 Å². The number of halogens is 2. The van der Waals surface area contributed by atoms with Crippen molar-refractivity contribution in [2.24, 2.45) is 11.8 Å². The smallest absolute Gasteiger partial charge is 0.246 e. The van der Waals surface area contributed by atoms with Crippen LogP contribution in [-0.4, -0.2) is 240 Å². The molecule has 2 aliphatic heterocycles. The highest BCUT2D eigenvalue weighted by atomic mass is 127. The van der Waals surface area contributed by atoms with Crippen LogP contribution in [0, 0.1) is 15.4 Å². The second kappa shape index (κ2) is 36.6. The standard InChI is InChI=1S/C70H100ClIN12O12/c1-15-17-28-51-65(92)83(14)70(6,7)69(96)75-53(37-46-24-19-18-20-25-46)64(91)82(13)56(67(94)84-33-21-22-34-84)40-58(86)80(11)54(35-44(3)4)63(90)76-61(45(5)16-2)68(95)79(10)42-59(87)77(8)43-60(88)81(12)55(39-47-29-31-49(71)32-30-47)66(93)78(9)41-57(85)73-52(62(89)74-51)38-48-26-23-27-50(72)36-48/h18-20,23-27,29-32,36,44-45,51-56,61H,15-17,21-22,28,33-35,37-43H2,1-14H3,(H,73,85)(H,74,89)(H,75,96)(H,76,90)/t45-,51-,52-,53-,54-,55-,56?,61-/m0/s1. The van der Waals surface area contributed by atoms with Crippen molar-refractivity contribution in [3.8, 4) is 0 Å². The van der Waals surface area contributed by atoms with Crippen LogP contribution in [0.1, 0.15) is 117 Å². The molecule has 24 nitrogen and oxygen atoms in total. The summed E-state index contributed by atoms with van der Waals surface area (Å²) < 4.78 is 0.840. The first-order valence-corrected chi connectivity index (χ1v) is 34.5. The average Bonchev–Trinajstić information content (AvgIpc) is 1.64. The Morgan fingerprint density at radius 3 is 1.77 bits per heavy atom. The highest BCUT2D eigenvalue weighted by Crippen LogP contribution is 2.24. The monoisotopic (exact) mass is 1460 g/mol. The second-order valence-electron chi connectivity index (χ2n) is 26.5. The number of benzene rings is 3. The molecule has 8 atom stereocenters. The average molecular weight is 1460 g/mol. The number of hydrogen-bond donors (Lipinski definition) is 4. The van der Waals surface area contributed by atoms with Gasteiger partial charge in [-0.25, -0.2) is 0 Å². The summed E-state index contributed by atoms with van der Waals surface area (Å²) in [5.74, 6) is -8.86. The summed E-state index contributed by atoms with van der Waals surface area (Å²) in [6.45, 7) is 11.2. The fraction of sp³-hybridized carbons (Fsp3) is 0.571. The summed E-state index contributed by atoms with van der Waals surface area (Å²) in [5.41, 5.74) is 0.168. The van der Waals surface area contributed by atoms with Crippen molar-refractivity contribution in [3.05, 3.63) is 104 Å². The van der Waals surface area contributed by atoms with E-state index in [0.717, 1.165) is 23.2 Å². The second-order valence-corrected chi connectivity index (χ2v) is 28.2. The minimum absolute atomic E-state index is 0.0502. The summed E-state index contributed by atoms with van der Waals surface area (Å²) in [5, 5.41) is 11.9. The zero-order valence-corrected chi connectivity index (χ0v) is 61.2. The number of nitrogens with zero attached hydrogens (tertiary/aromatic N) is 8. The summed E-state index contributed by atoms with van der Waals surface area (Å²) in [7, 11) is 9.74. The van der Waals surface area contributed by atoms with Gasteiger partial charge in [0.1, 0.15) is 47.8 Å². The van der Waals surface area contributed by atoms with E-state index in [9.17, 15) is 43.2 Å². The first kappa shape index (κ1) is 79.0. The maximum atomic E-state index is 15.3. The van der Waals surface area contributed by atoms with E-state index < -0.39 is 151 Å². The molecule has 26 heteroatoms. The number of likely N-dealkylation sites (tertiary alicyclic amines) is 1. The van der Waals surface area contributed by atoms with Gasteiger partial charge in [0.2, 0.25) is 70.9 Å². The molecule has 3 aromatic rings. The lowest BCUT2D eigenvalue weighted by atomic mass is 9.95. The van der Waals surface area contributed by atoms with Crippen LogP contribution in [0.25, 0.3) is 0 Å². The van der Waals surface area contributed by atoms with Gasteiger partial charge in [-0.05, 0) is 115 Å². The molecule has 0 bridgehead atoms.